The second-order valence-corrected chi connectivity index (χ2v) is 6.37. The zero-order chi connectivity index (χ0) is 20.3. The van der Waals surface area contributed by atoms with E-state index in [1.807, 2.05) is 0 Å². The fourth-order valence-corrected chi connectivity index (χ4v) is 1.75. The van der Waals surface area contributed by atoms with Gasteiger partial charge in [-0.05, 0) is 5.92 Å². The Hall–Kier alpha value is -1.47. The van der Waals surface area contributed by atoms with Gasteiger partial charge < -0.3 is 20.8 Å². The van der Waals surface area contributed by atoms with Crippen LogP contribution in [0.15, 0.2) is 12.1 Å². The molecule has 0 saturated heterocycles. The third-order valence-corrected chi connectivity index (χ3v) is 3.59. The summed E-state index contributed by atoms with van der Waals surface area (Å²) in [6.07, 6.45) is 0.913. The van der Waals surface area contributed by atoms with E-state index in [0.29, 0.717) is 5.56 Å². The average molecular weight is 454 g/mol. The van der Waals surface area contributed by atoms with Crippen LogP contribution in [0.25, 0.3) is 0 Å². The molecule has 1 atom stereocenters. The molecule has 1 radical (unpaired) electrons. The maximum absolute atomic E-state index is 11.7. The number of carboxylic acids is 1. The number of rotatable bonds is 7. The number of carbonyl (C=O) groups is 3. The van der Waals surface area contributed by atoms with Gasteiger partial charge >= 0.3 is 5.97 Å². The van der Waals surface area contributed by atoms with Crippen molar-refractivity contribution in [3.05, 3.63) is 29.3 Å². The van der Waals surface area contributed by atoms with Crippen molar-refractivity contribution in [2.24, 2.45) is 5.92 Å². The first-order chi connectivity index (χ1) is 12.1. The zero-order valence-corrected chi connectivity index (χ0v) is 19.5. The van der Waals surface area contributed by atoms with Crippen molar-refractivity contribution in [1.82, 2.24) is 10.6 Å². The van der Waals surface area contributed by atoms with E-state index < -0.39 is 24.3 Å². The van der Waals surface area contributed by atoms with Crippen LogP contribution in [0.5, 0.6) is 5.75 Å². The van der Waals surface area contributed by atoms with Gasteiger partial charge in [0.05, 0.1) is 13.0 Å². The van der Waals surface area contributed by atoms with Gasteiger partial charge in [0.15, 0.2) is 0 Å². The van der Waals surface area contributed by atoms with Crippen molar-refractivity contribution >= 4 is 17.8 Å². The summed E-state index contributed by atoms with van der Waals surface area (Å²) in [5.41, 5.74) is 0.799. The van der Waals surface area contributed by atoms with E-state index in [0.717, 1.165) is 5.92 Å². The van der Waals surface area contributed by atoms with Crippen molar-refractivity contribution < 1.29 is 57.3 Å². The quantitative estimate of drug-likeness (QED) is 0.472. The van der Waals surface area contributed by atoms with E-state index in [2.05, 4.69) is 37.5 Å². The summed E-state index contributed by atoms with van der Waals surface area (Å²) < 4.78 is 0. The molecule has 0 aliphatic carbocycles. The molecule has 149 valence electrons. The number of aromatic hydroxyl groups is 1. The van der Waals surface area contributed by atoms with E-state index in [1.54, 1.807) is 13.0 Å². The molecule has 8 heteroatoms. The molecular formula is C19H29N2O5Y-. The predicted octanol–water partition coefficient (Wildman–Crippen LogP) is 2.32. The molecule has 1 unspecified atom stereocenters. The van der Waals surface area contributed by atoms with Crippen LogP contribution in [0, 0.1) is 18.9 Å². The number of nitrogens with one attached hydrogen (secondary N) is 2. The zero-order valence-electron chi connectivity index (χ0n) is 16.6. The van der Waals surface area contributed by atoms with Gasteiger partial charge in [-0.15, -0.1) is 5.56 Å². The summed E-state index contributed by atoms with van der Waals surface area (Å²) in [6, 6.07) is 4.85. The van der Waals surface area contributed by atoms with E-state index in [1.165, 1.54) is 19.4 Å². The Morgan fingerprint density at radius 1 is 1.22 bits per heavy atom. The summed E-state index contributed by atoms with van der Waals surface area (Å²) in [5, 5.41) is 23.7. The smallest absolute Gasteiger partial charge is 0.304 e. The number of carboxylic acid groups (broad SMARTS) is 1. The van der Waals surface area contributed by atoms with Crippen LogP contribution in [0.3, 0.4) is 0 Å². The van der Waals surface area contributed by atoms with Crippen molar-refractivity contribution in [2.75, 3.05) is 6.54 Å². The summed E-state index contributed by atoms with van der Waals surface area (Å²) in [5.74, 6) is -1.24. The molecule has 0 aliphatic heterocycles. The number of phenols is 1. The fraction of sp³-hybridized carbons (Fsp3) is 0.526. The molecule has 0 saturated carbocycles. The second kappa shape index (κ2) is 14.6. The number of amides is 2. The van der Waals surface area contributed by atoms with Crippen LogP contribution in [-0.2, 0) is 47.1 Å². The van der Waals surface area contributed by atoms with Gasteiger partial charge in [-0.25, -0.2) is 0 Å². The van der Waals surface area contributed by atoms with Gasteiger partial charge in [0.1, 0.15) is 0 Å². The van der Waals surface area contributed by atoms with E-state index >= 15 is 0 Å². The third kappa shape index (κ3) is 12.5. The van der Waals surface area contributed by atoms with Crippen LogP contribution >= 0.6 is 0 Å². The van der Waals surface area contributed by atoms with Crippen LogP contribution in [-0.4, -0.2) is 34.5 Å². The molecule has 4 N–H and O–H groups in total. The monoisotopic (exact) mass is 454 g/mol. The maximum atomic E-state index is 11.7. The van der Waals surface area contributed by atoms with Gasteiger partial charge in [0.2, 0.25) is 11.8 Å². The molecule has 2 amide bonds. The first-order valence-corrected chi connectivity index (χ1v) is 8.53. The van der Waals surface area contributed by atoms with Crippen molar-refractivity contribution in [3.8, 4) is 5.75 Å². The number of aryl methyl sites for hydroxylation is 1. The topological polar surface area (TPSA) is 116 Å². The molecule has 0 spiro atoms. The molecule has 27 heavy (non-hydrogen) atoms. The Morgan fingerprint density at radius 2 is 1.78 bits per heavy atom. The Labute approximate surface area is 186 Å². The van der Waals surface area contributed by atoms with E-state index in [4.69, 9.17) is 5.11 Å². The molecule has 0 heterocycles. The fourth-order valence-electron chi connectivity index (χ4n) is 1.75. The van der Waals surface area contributed by atoms with Gasteiger partial charge in [-0.2, -0.15) is 18.2 Å². The summed E-state index contributed by atoms with van der Waals surface area (Å²) >= 11 is 0. The third-order valence-electron chi connectivity index (χ3n) is 3.59. The van der Waals surface area contributed by atoms with Gasteiger partial charge in [-0.3, -0.25) is 14.4 Å². The van der Waals surface area contributed by atoms with Crippen molar-refractivity contribution in [1.29, 1.82) is 0 Å². The first-order valence-electron chi connectivity index (χ1n) is 8.53. The Morgan fingerprint density at radius 3 is 2.22 bits per heavy atom. The van der Waals surface area contributed by atoms with Crippen LogP contribution < -0.4 is 10.6 Å². The molecule has 1 aromatic carbocycles. The molecule has 0 aromatic heterocycles. The molecule has 0 fully saturated rings. The van der Waals surface area contributed by atoms with Crippen molar-refractivity contribution in [2.45, 2.75) is 53.5 Å². The predicted molar refractivity (Wildman–Crippen MR) is 98.6 cm³/mol. The van der Waals surface area contributed by atoms with Gasteiger partial charge in [0, 0.05) is 51.4 Å². The molecule has 0 aliphatic rings. The number of carbonyl (C=O) groups excluding carboxylic acids is 2. The summed E-state index contributed by atoms with van der Waals surface area (Å²) in [7, 11) is 0. The normalized spacial score (nSPS) is 10.7. The van der Waals surface area contributed by atoms with Gasteiger partial charge in [-0.1, -0.05) is 39.7 Å². The van der Waals surface area contributed by atoms with E-state index in [9.17, 15) is 19.5 Å². The number of aliphatic carboxylic acids is 1. The number of hydrogen-bond donors (Lipinski definition) is 4. The molecular weight excluding hydrogens is 425 g/mol. The minimum atomic E-state index is -1.12. The molecule has 7 nitrogen and oxygen atoms in total. The minimum Gasteiger partial charge on any atom is -0.533 e. The van der Waals surface area contributed by atoms with Crippen molar-refractivity contribution in [3.63, 3.8) is 0 Å². The summed E-state index contributed by atoms with van der Waals surface area (Å²) in [4.78, 5) is 33.4. The minimum absolute atomic E-state index is 0. The Balaban J connectivity index is 0. The van der Waals surface area contributed by atoms with Crippen LogP contribution in [0.2, 0.25) is 0 Å². The number of hydrogen-bond acceptors (Lipinski definition) is 4. The number of phenolic OH excluding ortho intramolecular Hbond substituents is 1. The Kier molecular flexibility index (Phi) is 15.0. The number of benzene rings is 1. The first kappa shape index (κ1) is 27.7. The molecule has 1 rings (SSSR count). The largest absolute Gasteiger partial charge is 0.533 e. The Bertz CT molecular complexity index is 620. The van der Waals surface area contributed by atoms with Crippen LogP contribution in [0.1, 0.15) is 57.7 Å². The second-order valence-electron chi connectivity index (χ2n) is 6.37. The van der Waals surface area contributed by atoms with E-state index in [-0.39, 0.29) is 56.5 Å². The standard InChI is InChI=1S/C14H17N2O5.C5H12.Y/c1-8-4-3-5-10(14(8)21)11(6-13(19)20)16-12(18)7-15-9(2)17;1-4-5(2)3;/h4-5,11,21H,6-7H2,1-2H3,(H,15,17)(H,16,18)(H,19,20);5H,4H2,1-3H3;/q-1;;. The molecule has 0 bridgehead atoms. The van der Waals surface area contributed by atoms with Gasteiger partial charge in [0.25, 0.3) is 0 Å². The summed E-state index contributed by atoms with van der Waals surface area (Å²) in [6.45, 7) is 9.29. The van der Waals surface area contributed by atoms with Crippen LogP contribution in [0.4, 0.5) is 0 Å². The molecule has 1 aromatic rings. The maximum Gasteiger partial charge on any atom is 0.304 e. The average Bonchev–Trinajstić information content (AvgIpc) is 2.55. The SMILES string of the molecule is CC(=O)NCC(=O)NC(CC(=O)O)c1c[c-]cc(C)c1O.CCC(C)C.[Y].